The molecule has 158 valence electrons. The fourth-order valence-electron chi connectivity index (χ4n) is 2.95. The molecule has 0 amide bonds. The molecule has 7 N–H and O–H groups in total. The molecule has 0 aromatic carbocycles. The summed E-state index contributed by atoms with van der Waals surface area (Å²) in [5, 5.41) is 68.7. The van der Waals surface area contributed by atoms with Gasteiger partial charge in [0.2, 0.25) is 5.79 Å². The van der Waals surface area contributed by atoms with E-state index in [2.05, 4.69) is 0 Å². The Morgan fingerprint density at radius 3 is 2.11 bits per heavy atom. The maximum Gasteiger partial charge on any atom is 0.224 e. The first kappa shape index (κ1) is 22.5. The number of aliphatic hydroxyl groups excluding tert-OH is 7. The first-order chi connectivity index (χ1) is 12.7. The van der Waals surface area contributed by atoms with E-state index >= 15 is 0 Å². The van der Waals surface area contributed by atoms with Gasteiger partial charge in [0, 0.05) is 0 Å². The summed E-state index contributed by atoms with van der Waals surface area (Å²) in [5.74, 6) is -2.50. The molecule has 9 atom stereocenters. The largest absolute Gasteiger partial charge is 0.394 e. The summed E-state index contributed by atoms with van der Waals surface area (Å²) in [6.45, 7) is -1.08. The molecular formula is C15H26O12. The second-order valence-corrected chi connectivity index (χ2v) is 6.60. The van der Waals surface area contributed by atoms with Gasteiger partial charge in [-0.15, -0.1) is 0 Å². The average Bonchev–Trinajstić information content (AvgIpc) is 2.87. The van der Waals surface area contributed by atoms with Crippen LogP contribution in [0, 0.1) is 0 Å². The van der Waals surface area contributed by atoms with Crippen LogP contribution in [0.1, 0.15) is 6.92 Å². The molecule has 2 aliphatic heterocycles. The van der Waals surface area contributed by atoms with Gasteiger partial charge in [-0.25, -0.2) is 0 Å². The quantitative estimate of drug-likeness (QED) is 0.206. The SMILES string of the molecule is CC(=O)COC[C@@]1(O[C@H]2O[C@H](CO)[C@@H](O)[C@H](O)[C@H]2O)O[C@H](CO)[C@@H](O)[C@@H]1O. The van der Waals surface area contributed by atoms with Crippen molar-refractivity contribution < 1.29 is 59.5 Å². The first-order valence-corrected chi connectivity index (χ1v) is 8.37. The van der Waals surface area contributed by atoms with Crippen LogP contribution < -0.4 is 0 Å². The van der Waals surface area contributed by atoms with E-state index in [1.54, 1.807) is 0 Å². The highest BCUT2D eigenvalue weighted by atomic mass is 16.8. The van der Waals surface area contributed by atoms with Crippen molar-refractivity contribution >= 4 is 5.78 Å². The van der Waals surface area contributed by atoms with Gasteiger partial charge in [0.05, 0.1) is 13.2 Å². The minimum absolute atomic E-state index is 0.343. The summed E-state index contributed by atoms with van der Waals surface area (Å²) in [7, 11) is 0. The number of carbonyl (C=O) groups is 1. The van der Waals surface area contributed by atoms with Crippen molar-refractivity contribution in [3.8, 4) is 0 Å². The molecule has 0 aromatic rings. The molecule has 2 heterocycles. The molecule has 2 saturated heterocycles. The van der Waals surface area contributed by atoms with Crippen LogP contribution in [0.2, 0.25) is 0 Å². The first-order valence-electron chi connectivity index (χ1n) is 8.37. The molecule has 0 aliphatic carbocycles. The highest BCUT2D eigenvalue weighted by Crippen LogP contribution is 2.36. The molecule has 12 heteroatoms. The van der Waals surface area contributed by atoms with E-state index in [1.165, 1.54) is 6.92 Å². The molecule has 2 fully saturated rings. The summed E-state index contributed by atoms with van der Waals surface area (Å²) in [4.78, 5) is 11.1. The van der Waals surface area contributed by atoms with Gasteiger partial charge in [-0.3, -0.25) is 4.79 Å². The van der Waals surface area contributed by atoms with Crippen molar-refractivity contribution in [3.05, 3.63) is 0 Å². The van der Waals surface area contributed by atoms with Gasteiger partial charge in [0.1, 0.15) is 55.9 Å². The Hall–Kier alpha value is -0.770. The molecule has 2 aliphatic rings. The topological polar surface area (TPSA) is 196 Å². The van der Waals surface area contributed by atoms with Crippen LogP contribution >= 0.6 is 0 Å². The van der Waals surface area contributed by atoms with Gasteiger partial charge >= 0.3 is 0 Å². The molecule has 0 saturated carbocycles. The van der Waals surface area contributed by atoms with Crippen LogP contribution in [-0.2, 0) is 23.7 Å². The Labute approximate surface area is 154 Å². The number of aliphatic hydroxyl groups is 7. The van der Waals surface area contributed by atoms with E-state index in [4.69, 9.17) is 18.9 Å². The predicted molar refractivity (Wildman–Crippen MR) is 83.1 cm³/mol. The van der Waals surface area contributed by atoms with Crippen molar-refractivity contribution in [1.82, 2.24) is 0 Å². The fraction of sp³-hybridized carbons (Fsp3) is 0.933. The van der Waals surface area contributed by atoms with Crippen molar-refractivity contribution in [2.45, 2.75) is 61.7 Å². The summed E-state index contributed by atoms with van der Waals surface area (Å²) in [6.07, 6.45) is -12.7. The maximum atomic E-state index is 11.1. The molecule has 0 spiro atoms. The van der Waals surface area contributed by atoms with Crippen molar-refractivity contribution in [2.24, 2.45) is 0 Å². The predicted octanol–water partition coefficient (Wildman–Crippen LogP) is -4.78. The van der Waals surface area contributed by atoms with E-state index in [0.29, 0.717) is 0 Å². The zero-order chi connectivity index (χ0) is 20.4. The summed E-state index contributed by atoms with van der Waals surface area (Å²) >= 11 is 0. The monoisotopic (exact) mass is 398 g/mol. The summed E-state index contributed by atoms with van der Waals surface area (Å²) < 4.78 is 21.2. The van der Waals surface area contributed by atoms with E-state index in [1.807, 2.05) is 0 Å². The van der Waals surface area contributed by atoms with Crippen LogP contribution in [0.15, 0.2) is 0 Å². The Morgan fingerprint density at radius 1 is 0.963 bits per heavy atom. The second kappa shape index (κ2) is 9.15. The van der Waals surface area contributed by atoms with Gasteiger partial charge < -0.3 is 54.7 Å². The van der Waals surface area contributed by atoms with Crippen molar-refractivity contribution in [3.63, 3.8) is 0 Å². The fourth-order valence-corrected chi connectivity index (χ4v) is 2.95. The van der Waals surface area contributed by atoms with E-state index in [-0.39, 0.29) is 12.4 Å². The third-order valence-corrected chi connectivity index (χ3v) is 4.46. The third-order valence-electron chi connectivity index (χ3n) is 4.46. The number of rotatable bonds is 8. The zero-order valence-corrected chi connectivity index (χ0v) is 14.6. The minimum Gasteiger partial charge on any atom is -0.394 e. The molecule has 0 aromatic heterocycles. The molecular weight excluding hydrogens is 372 g/mol. The van der Waals surface area contributed by atoms with Crippen LogP contribution in [0.5, 0.6) is 0 Å². The maximum absolute atomic E-state index is 11.1. The number of carbonyl (C=O) groups excluding carboxylic acids is 1. The zero-order valence-electron chi connectivity index (χ0n) is 14.6. The lowest BCUT2D eigenvalue weighted by Crippen LogP contribution is -2.62. The smallest absolute Gasteiger partial charge is 0.224 e. The van der Waals surface area contributed by atoms with Crippen LogP contribution in [0.4, 0.5) is 0 Å². The van der Waals surface area contributed by atoms with Crippen LogP contribution in [0.3, 0.4) is 0 Å². The normalized spacial score (nSPS) is 45.2. The Kier molecular flexibility index (Phi) is 7.63. The van der Waals surface area contributed by atoms with Crippen LogP contribution in [0.25, 0.3) is 0 Å². The number of hydrogen-bond donors (Lipinski definition) is 7. The van der Waals surface area contributed by atoms with Gasteiger partial charge in [-0.2, -0.15) is 0 Å². The summed E-state index contributed by atoms with van der Waals surface area (Å²) in [6, 6.07) is 0. The number of hydrogen-bond acceptors (Lipinski definition) is 12. The Bertz CT molecular complexity index is 501. The van der Waals surface area contributed by atoms with Crippen LogP contribution in [-0.4, -0.2) is 123 Å². The van der Waals surface area contributed by atoms with Gasteiger partial charge in [0.25, 0.3) is 0 Å². The molecule has 0 radical (unpaired) electrons. The van der Waals surface area contributed by atoms with Gasteiger partial charge in [0.15, 0.2) is 12.1 Å². The van der Waals surface area contributed by atoms with Gasteiger partial charge in [-0.1, -0.05) is 0 Å². The molecule has 0 bridgehead atoms. The number of ether oxygens (including phenoxy) is 4. The Morgan fingerprint density at radius 2 is 1.59 bits per heavy atom. The molecule has 27 heavy (non-hydrogen) atoms. The minimum atomic E-state index is -2.16. The highest BCUT2D eigenvalue weighted by Gasteiger charge is 2.58. The second-order valence-electron chi connectivity index (χ2n) is 6.60. The van der Waals surface area contributed by atoms with Crippen molar-refractivity contribution in [2.75, 3.05) is 26.4 Å². The highest BCUT2D eigenvalue weighted by molar-refractivity contribution is 5.76. The van der Waals surface area contributed by atoms with E-state index in [0.717, 1.165) is 0 Å². The Balaban J connectivity index is 2.22. The van der Waals surface area contributed by atoms with E-state index < -0.39 is 74.6 Å². The van der Waals surface area contributed by atoms with E-state index in [9.17, 15) is 40.5 Å². The lowest BCUT2D eigenvalue weighted by molar-refractivity contribution is -0.385. The lowest BCUT2D eigenvalue weighted by atomic mass is 9.99. The standard InChI is InChI=1S/C15H26O12/c1-6(18)4-24-5-15(13(23)10(20)8(3-17)26-15)27-14-12(22)11(21)9(19)7(2-16)25-14/h7-14,16-17,19-23H,2-5H2,1H3/t7-,8-,9-,10-,11+,12-,13+,14-,15+/m1/s1. The number of ketones is 1. The lowest BCUT2D eigenvalue weighted by Gasteiger charge is -2.43. The molecule has 12 nitrogen and oxygen atoms in total. The molecule has 0 unspecified atom stereocenters. The average molecular weight is 398 g/mol. The third kappa shape index (κ3) is 4.63. The number of Topliss-reactive ketones (excluding diaryl/α,β-unsaturated/α-hetero) is 1. The summed E-state index contributed by atoms with van der Waals surface area (Å²) in [5.41, 5.74) is 0. The van der Waals surface area contributed by atoms with Crippen molar-refractivity contribution in [1.29, 1.82) is 0 Å². The molecule has 2 rings (SSSR count). The van der Waals surface area contributed by atoms with Gasteiger partial charge in [-0.05, 0) is 6.92 Å².